The van der Waals surface area contributed by atoms with E-state index < -0.39 is 0 Å². The fourth-order valence-corrected chi connectivity index (χ4v) is 3.16. The topological polar surface area (TPSA) is 47.8 Å². The minimum atomic E-state index is -0.139. The van der Waals surface area contributed by atoms with Crippen LogP contribution in [-0.2, 0) is 0 Å². The predicted molar refractivity (Wildman–Crippen MR) is 95.6 cm³/mol. The number of nitrogens with zero attached hydrogens (tertiary/aromatic N) is 3. The van der Waals surface area contributed by atoms with Crippen LogP contribution in [0.4, 0.5) is 0 Å². The number of aryl methyl sites for hydroxylation is 1. The highest BCUT2D eigenvalue weighted by Crippen LogP contribution is 2.23. The highest BCUT2D eigenvalue weighted by molar-refractivity contribution is 7.99. The minimum absolute atomic E-state index is 0.139. The van der Waals surface area contributed by atoms with Crippen molar-refractivity contribution in [3.05, 3.63) is 70.1 Å². The molecular formula is C17H14ClN3OS. The van der Waals surface area contributed by atoms with Gasteiger partial charge in [0.25, 0.3) is 5.56 Å². The summed E-state index contributed by atoms with van der Waals surface area (Å²) in [6, 6.07) is 11.0. The number of hydrogen-bond acceptors (Lipinski definition) is 4. The lowest BCUT2D eigenvalue weighted by Crippen LogP contribution is -2.23. The third-order valence-electron chi connectivity index (χ3n) is 3.30. The van der Waals surface area contributed by atoms with Crippen molar-refractivity contribution >= 4 is 34.3 Å². The molecule has 0 radical (unpaired) electrons. The largest absolute Gasteiger partial charge is 0.268 e. The first-order chi connectivity index (χ1) is 11.1. The molecule has 0 atom stereocenters. The Morgan fingerprint density at radius 2 is 2.09 bits per heavy atom. The van der Waals surface area contributed by atoms with E-state index in [0.29, 0.717) is 32.7 Å². The maximum atomic E-state index is 13.0. The molecule has 0 saturated heterocycles. The Hall–Kier alpha value is -2.11. The van der Waals surface area contributed by atoms with Crippen molar-refractivity contribution in [3.63, 3.8) is 0 Å². The van der Waals surface area contributed by atoms with E-state index in [1.807, 2.05) is 37.3 Å². The standard InChI is InChI=1S/C17H14ClN3OS/c1-11-6-5-9-19-15(11)21-16(22)13-7-3-4-8-14(13)20-17(21)23-10-12(2)18/h3-9H,2,10H2,1H3. The van der Waals surface area contributed by atoms with E-state index in [-0.39, 0.29) is 5.56 Å². The molecule has 0 bridgehead atoms. The fraction of sp³-hybridized carbons (Fsp3) is 0.118. The lowest BCUT2D eigenvalue weighted by Gasteiger charge is -2.13. The number of halogens is 1. The molecule has 0 unspecified atom stereocenters. The van der Waals surface area contributed by atoms with Crippen LogP contribution < -0.4 is 5.56 Å². The first-order valence-corrected chi connectivity index (χ1v) is 8.34. The van der Waals surface area contributed by atoms with Crippen molar-refractivity contribution in [2.75, 3.05) is 5.75 Å². The lowest BCUT2D eigenvalue weighted by molar-refractivity contribution is 0.790. The molecule has 4 nitrogen and oxygen atoms in total. The zero-order valence-corrected chi connectivity index (χ0v) is 14.1. The third kappa shape index (κ3) is 3.16. The quantitative estimate of drug-likeness (QED) is 0.532. The summed E-state index contributed by atoms with van der Waals surface area (Å²) in [7, 11) is 0. The van der Waals surface area contributed by atoms with Crippen molar-refractivity contribution in [1.82, 2.24) is 14.5 Å². The Morgan fingerprint density at radius 1 is 1.30 bits per heavy atom. The molecule has 3 aromatic rings. The van der Waals surface area contributed by atoms with E-state index in [4.69, 9.17) is 11.6 Å². The Balaban J connectivity index is 2.30. The number of thioether (sulfide) groups is 1. The van der Waals surface area contributed by atoms with Gasteiger partial charge in [-0.1, -0.05) is 48.1 Å². The Labute approximate surface area is 142 Å². The predicted octanol–water partition coefficient (Wildman–Crippen LogP) is 3.93. The molecule has 1 aromatic carbocycles. The number of aromatic nitrogens is 3. The number of hydrogen-bond donors (Lipinski definition) is 0. The molecule has 2 heterocycles. The van der Waals surface area contributed by atoms with E-state index >= 15 is 0 Å². The molecule has 0 amide bonds. The molecule has 23 heavy (non-hydrogen) atoms. The van der Waals surface area contributed by atoms with Gasteiger partial charge >= 0.3 is 0 Å². The second-order valence-electron chi connectivity index (χ2n) is 5.00. The van der Waals surface area contributed by atoms with Gasteiger partial charge in [0.2, 0.25) is 0 Å². The number of benzene rings is 1. The van der Waals surface area contributed by atoms with Crippen LogP contribution in [0.5, 0.6) is 0 Å². The summed E-state index contributed by atoms with van der Waals surface area (Å²) >= 11 is 7.24. The first-order valence-electron chi connectivity index (χ1n) is 6.98. The summed E-state index contributed by atoms with van der Waals surface area (Å²) in [6.45, 7) is 5.60. The van der Waals surface area contributed by atoms with E-state index in [0.717, 1.165) is 5.56 Å². The molecular weight excluding hydrogens is 330 g/mol. The molecule has 0 saturated carbocycles. The van der Waals surface area contributed by atoms with Gasteiger partial charge in [-0.3, -0.25) is 4.79 Å². The third-order valence-corrected chi connectivity index (χ3v) is 4.61. The van der Waals surface area contributed by atoms with Crippen molar-refractivity contribution in [1.29, 1.82) is 0 Å². The van der Waals surface area contributed by atoms with E-state index in [2.05, 4.69) is 16.5 Å². The Morgan fingerprint density at radius 3 is 2.83 bits per heavy atom. The molecule has 0 aliphatic heterocycles. The Bertz CT molecular complexity index is 952. The van der Waals surface area contributed by atoms with Gasteiger partial charge in [0.1, 0.15) is 5.82 Å². The van der Waals surface area contributed by atoms with Crippen LogP contribution in [0.25, 0.3) is 16.7 Å². The van der Waals surface area contributed by atoms with Crippen LogP contribution in [0, 0.1) is 6.92 Å². The zero-order valence-electron chi connectivity index (χ0n) is 12.5. The second kappa shape index (κ2) is 6.56. The lowest BCUT2D eigenvalue weighted by atomic mass is 10.2. The summed E-state index contributed by atoms with van der Waals surface area (Å²) in [5, 5.41) is 1.62. The van der Waals surface area contributed by atoms with E-state index in [9.17, 15) is 4.79 Å². The van der Waals surface area contributed by atoms with Gasteiger partial charge in [-0.15, -0.1) is 0 Å². The van der Waals surface area contributed by atoms with Crippen LogP contribution in [0.1, 0.15) is 5.56 Å². The van der Waals surface area contributed by atoms with Gasteiger partial charge in [-0.25, -0.2) is 14.5 Å². The highest BCUT2D eigenvalue weighted by Gasteiger charge is 2.15. The minimum Gasteiger partial charge on any atom is -0.268 e. The molecule has 116 valence electrons. The van der Waals surface area contributed by atoms with Gasteiger partial charge in [0, 0.05) is 17.0 Å². The van der Waals surface area contributed by atoms with Crippen molar-refractivity contribution < 1.29 is 0 Å². The van der Waals surface area contributed by atoms with Gasteiger partial charge < -0.3 is 0 Å². The highest BCUT2D eigenvalue weighted by atomic mass is 35.5. The van der Waals surface area contributed by atoms with E-state index in [1.165, 1.54) is 11.8 Å². The maximum Gasteiger partial charge on any atom is 0.267 e. The fourth-order valence-electron chi connectivity index (χ4n) is 2.25. The van der Waals surface area contributed by atoms with Gasteiger partial charge in [-0.05, 0) is 30.7 Å². The second-order valence-corrected chi connectivity index (χ2v) is 6.48. The van der Waals surface area contributed by atoms with Crippen LogP contribution in [0.3, 0.4) is 0 Å². The smallest absolute Gasteiger partial charge is 0.267 e. The number of para-hydroxylation sites is 1. The molecule has 2 aromatic heterocycles. The zero-order chi connectivity index (χ0) is 16.4. The summed E-state index contributed by atoms with van der Waals surface area (Å²) in [4.78, 5) is 21.9. The molecule has 0 N–H and O–H groups in total. The van der Waals surface area contributed by atoms with Crippen molar-refractivity contribution in [3.8, 4) is 5.82 Å². The first kappa shape index (κ1) is 15.8. The van der Waals surface area contributed by atoms with Crippen molar-refractivity contribution in [2.45, 2.75) is 12.1 Å². The average molecular weight is 344 g/mol. The summed E-state index contributed by atoms with van der Waals surface area (Å²) < 4.78 is 1.54. The van der Waals surface area contributed by atoms with Crippen LogP contribution in [0.15, 0.2) is 64.2 Å². The molecule has 6 heteroatoms. The molecule has 0 aliphatic carbocycles. The molecule has 0 spiro atoms. The Kier molecular flexibility index (Phi) is 4.50. The summed E-state index contributed by atoms with van der Waals surface area (Å²) in [5.41, 5.74) is 1.42. The summed E-state index contributed by atoms with van der Waals surface area (Å²) in [5.74, 6) is 1.05. The normalized spacial score (nSPS) is 10.9. The van der Waals surface area contributed by atoms with Gasteiger partial charge in [0.15, 0.2) is 5.16 Å². The van der Waals surface area contributed by atoms with Crippen LogP contribution >= 0.6 is 23.4 Å². The van der Waals surface area contributed by atoms with Gasteiger partial charge in [-0.2, -0.15) is 0 Å². The van der Waals surface area contributed by atoms with E-state index in [1.54, 1.807) is 16.8 Å². The monoisotopic (exact) mass is 343 g/mol. The summed E-state index contributed by atoms with van der Waals surface area (Å²) in [6.07, 6.45) is 1.67. The maximum absolute atomic E-state index is 13.0. The number of rotatable bonds is 4. The number of pyridine rings is 1. The van der Waals surface area contributed by atoms with Crippen molar-refractivity contribution in [2.24, 2.45) is 0 Å². The molecule has 0 fully saturated rings. The number of fused-ring (bicyclic) bond motifs is 1. The SMILES string of the molecule is C=C(Cl)CSc1nc2ccccc2c(=O)n1-c1ncccc1C. The molecule has 0 aliphatic rings. The van der Waals surface area contributed by atoms with Crippen LogP contribution in [-0.4, -0.2) is 20.3 Å². The van der Waals surface area contributed by atoms with Crippen LogP contribution in [0.2, 0.25) is 0 Å². The average Bonchev–Trinajstić information content (AvgIpc) is 2.54. The molecule has 3 rings (SSSR count). The van der Waals surface area contributed by atoms with Gasteiger partial charge in [0.05, 0.1) is 10.9 Å².